The Bertz CT molecular complexity index is 1700. The number of carbonyl (C=O) groups excluding carboxylic acids is 1. The number of nitrogens with zero attached hydrogens (tertiary/aromatic N) is 2. The largest absolute Gasteiger partial charge is 0.414 e. The first-order chi connectivity index (χ1) is 15.9. The first-order valence-electron chi connectivity index (χ1n) is 9.58. The number of hydrogen-bond acceptors (Lipinski definition) is 7. The van der Waals surface area contributed by atoms with Crippen LogP contribution in [0.15, 0.2) is 93.1 Å². The summed E-state index contributed by atoms with van der Waals surface area (Å²) in [4.78, 5) is 28.8. The Morgan fingerprint density at radius 1 is 1.00 bits per heavy atom. The van der Waals surface area contributed by atoms with E-state index in [1.807, 2.05) is 0 Å². The van der Waals surface area contributed by atoms with Crippen molar-refractivity contribution in [1.29, 1.82) is 0 Å². The van der Waals surface area contributed by atoms with Gasteiger partial charge in [-0.15, -0.1) is 0 Å². The summed E-state index contributed by atoms with van der Waals surface area (Å²) in [6.45, 7) is 0. The van der Waals surface area contributed by atoms with Crippen molar-refractivity contribution in [1.82, 2.24) is 4.98 Å². The van der Waals surface area contributed by atoms with Crippen LogP contribution in [0.3, 0.4) is 0 Å². The molecule has 2 heterocycles. The first kappa shape index (κ1) is 21.3. The van der Waals surface area contributed by atoms with E-state index in [1.165, 1.54) is 42.6 Å². The number of sulfonamides is 1. The van der Waals surface area contributed by atoms with Crippen LogP contribution in [0.5, 0.6) is 0 Å². The SMILES string of the molecule is O=C(c1ccccc1Cl)N(c1ccc2oc(=O)sc2c1)S(=O)(=O)c1cccc2cccnc12. The van der Waals surface area contributed by atoms with Crippen molar-refractivity contribution >= 4 is 65.7 Å². The van der Waals surface area contributed by atoms with Crippen molar-refractivity contribution in [2.24, 2.45) is 0 Å². The van der Waals surface area contributed by atoms with Crippen LogP contribution in [0.1, 0.15) is 10.4 Å². The summed E-state index contributed by atoms with van der Waals surface area (Å²) in [6, 6.07) is 18.6. The number of pyridine rings is 1. The Kier molecular flexibility index (Phi) is 5.24. The van der Waals surface area contributed by atoms with E-state index in [0.29, 0.717) is 20.0 Å². The molecule has 0 aliphatic carbocycles. The van der Waals surface area contributed by atoms with E-state index in [0.717, 1.165) is 11.3 Å². The van der Waals surface area contributed by atoms with E-state index >= 15 is 0 Å². The van der Waals surface area contributed by atoms with Crippen molar-refractivity contribution in [3.63, 3.8) is 0 Å². The number of fused-ring (bicyclic) bond motifs is 2. The summed E-state index contributed by atoms with van der Waals surface area (Å²) < 4.78 is 34.1. The Morgan fingerprint density at radius 3 is 2.61 bits per heavy atom. The molecule has 0 atom stereocenters. The van der Waals surface area contributed by atoms with Crippen LogP contribution >= 0.6 is 22.9 Å². The van der Waals surface area contributed by atoms with Gasteiger partial charge in [0.2, 0.25) is 0 Å². The minimum absolute atomic E-state index is 0.0106. The molecule has 0 N–H and O–H groups in total. The zero-order chi connectivity index (χ0) is 23.2. The number of anilines is 1. The smallest absolute Gasteiger partial charge is 0.396 e. The van der Waals surface area contributed by atoms with Crippen molar-refractivity contribution in [2.45, 2.75) is 4.90 Å². The Morgan fingerprint density at radius 2 is 1.79 bits per heavy atom. The standard InChI is InChI=1S/C23H13ClN2O5S2/c24-17-8-2-1-7-16(17)22(27)26(15-10-11-18-19(13-15)32-23(28)31-18)33(29,30)20-9-3-5-14-6-4-12-25-21(14)20/h1-13H. The van der Waals surface area contributed by atoms with Gasteiger partial charge in [-0.05, 0) is 42.5 Å². The van der Waals surface area contributed by atoms with Crippen LogP contribution in [-0.2, 0) is 10.0 Å². The molecule has 3 aromatic carbocycles. The van der Waals surface area contributed by atoms with Gasteiger partial charge in [-0.2, -0.15) is 4.31 Å². The average molecular weight is 497 g/mol. The molecule has 0 unspecified atom stereocenters. The van der Waals surface area contributed by atoms with E-state index < -0.39 is 20.9 Å². The number of halogens is 1. The lowest BCUT2D eigenvalue weighted by atomic mass is 10.2. The summed E-state index contributed by atoms with van der Waals surface area (Å²) in [5.74, 6) is -0.844. The van der Waals surface area contributed by atoms with Crippen LogP contribution in [0, 0.1) is 0 Å². The van der Waals surface area contributed by atoms with Gasteiger partial charge in [0.05, 0.1) is 26.5 Å². The van der Waals surface area contributed by atoms with Gasteiger partial charge in [0.15, 0.2) is 0 Å². The fraction of sp³-hybridized carbons (Fsp3) is 0. The van der Waals surface area contributed by atoms with Crippen LogP contribution < -0.4 is 9.24 Å². The Hall–Kier alpha value is -3.53. The van der Waals surface area contributed by atoms with Gasteiger partial charge in [-0.1, -0.05) is 53.3 Å². The number of amides is 1. The quantitative estimate of drug-likeness (QED) is 0.343. The minimum Gasteiger partial charge on any atom is -0.414 e. The average Bonchev–Trinajstić information content (AvgIpc) is 3.18. The summed E-state index contributed by atoms with van der Waals surface area (Å²) >= 11 is 7.04. The van der Waals surface area contributed by atoms with Crippen LogP contribution in [0.2, 0.25) is 5.02 Å². The van der Waals surface area contributed by atoms with Gasteiger partial charge in [0, 0.05) is 11.6 Å². The van der Waals surface area contributed by atoms with E-state index in [9.17, 15) is 18.0 Å². The fourth-order valence-electron chi connectivity index (χ4n) is 3.48. The normalized spacial score (nSPS) is 11.7. The molecule has 0 fully saturated rings. The minimum atomic E-state index is -4.45. The number of hydrogen-bond donors (Lipinski definition) is 0. The number of carbonyl (C=O) groups is 1. The molecular formula is C23H13ClN2O5S2. The third-order valence-corrected chi connectivity index (χ3v) is 7.81. The zero-order valence-corrected chi connectivity index (χ0v) is 19.0. The molecule has 0 aliphatic rings. The van der Waals surface area contributed by atoms with Crippen LogP contribution in [0.4, 0.5) is 5.69 Å². The maximum atomic E-state index is 14.0. The molecule has 7 nitrogen and oxygen atoms in total. The van der Waals surface area contributed by atoms with Gasteiger partial charge >= 0.3 is 4.94 Å². The lowest BCUT2D eigenvalue weighted by Crippen LogP contribution is -2.37. The second kappa shape index (κ2) is 8.11. The molecule has 2 aromatic heterocycles. The molecule has 1 amide bonds. The van der Waals surface area contributed by atoms with E-state index in [-0.39, 0.29) is 26.7 Å². The number of rotatable bonds is 4. The third kappa shape index (κ3) is 3.70. The van der Waals surface area contributed by atoms with Gasteiger partial charge < -0.3 is 4.42 Å². The fourth-order valence-corrected chi connectivity index (χ4v) is 5.97. The summed E-state index contributed by atoms with van der Waals surface area (Å²) in [5, 5.41) is 0.708. The topological polar surface area (TPSA) is 97.5 Å². The molecule has 0 saturated heterocycles. The predicted octanol–water partition coefficient (Wildman–Crippen LogP) is 5.09. The van der Waals surface area contributed by atoms with Crippen LogP contribution in [0.25, 0.3) is 21.2 Å². The van der Waals surface area contributed by atoms with E-state index in [4.69, 9.17) is 16.0 Å². The first-order valence-corrected chi connectivity index (χ1v) is 12.2. The second-order valence-electron chi connectivity index (χ2n) is 6.97. The molecule has 0 aliphatic heterocycles. The van der Waals surface area contributed by atoms with E-state index in [1.54, 1.807) is 36.4 Å². The van der Waals surface area contributed by atoms with Gasteiger partial charge in [-0.25, -0.2) is 13.2 Å². The second-order valence-corrected chi connectivity index (χ2v) is 10.1. The van der Waals surface area contributed by atoms with Crippen molar-refractivity contribution < 1.29 is 17.6 Å². The highest BCUT2D eigenvalue weighted by atomic mass is 35.5. The predicted molar refractivity (Wildman–Crippen MR) is 128 cm³/mol. The summed E-state index contributed by atoms with van der Waals surface area (Å²) in [5.41, 5.74) is 0.572. The number of para-hydroxylation sites is 1. The van der Waals surface area contributed by atoms with Gasteiger partial charge in [0.1, 0.15) is 10.5 Å². The zero-order valence-electron chi connectivity index (χ0n) is 16.6. The maximum absolute atomic E-state index is 14.0. The van der Waals surface area contributed by atoms with Crippen molar-refractivity contribution in [3.05, 3.63) is 99.3 Å². The Labute approximate surface area is 196 Å². The number of benzene rings is 3. The molecule has 0 saturated carbocycles. The molecule has 5 rings (SSSR count). The molecule has 0 bridgehead atoms. The van der Waals surface area contributed by atoms with E-state index in [2.05, 4.69) is 4.98 Å². The van der Waals surface area contributed by atoms with Gasteiger partial charge in [-0.3, -0.25) is 9.78 Å². The number of aromatic nitrogens is 1. The molecule has 5 aromatic rings. The molecular weight excluding hydrogens is 484 g/mol. The van der Waals surface area contributed by atoms with Gasteiger partial charge in [0.25, 0.3) is 15.9 Å². The lowest BCUT2D eigenvalue weighted by molar-refractivity contribution is 0.101. The summed E-state index contributed by atoms with van der Waals surface area (Å²) in [7, 11) is -4.45. The molecule has 0 radical (unpaired) electrons. The third-order valence-electron chi connectivity index (χ3n) is 4.95. The highest BCUT2D eigenvalue weighted by molar-refractivity contribution is 7.93. The summed E-state index contributed by atoms with van der Waals surface area (Å²) in [6.07, 6.45) is 1.48. The molecule has 164 valence electrons. The van der Waals surface area contributed by atoms with Crippen LogP contribution in [-0.4, -0.2) is 19.3 Å². The maximum Gasteiger partial charge on any atom is 0.396 e. The van der Waals surface area contributed by atoms with Crippen molar-refractivity contribution in [2.75, 3.05) is 4.31 Å². The molecule has 0 spiro atoms. The van der Waals surface area contributed by atoms with Crippen molar-refractivity contribution in [3.8, 4) is 0 Å². The monoisotopic (exact) mass is 496 g/mol. The Balaban J connectivity index is 1.78. The highest BCUT2D eigenvalue weighted by Crippen LogP contribution is 2.33. The molecule has 10 heteroatoms. The lowest BCUT2D eigenvalue weighted by Gasteiger charge is -2.23. The highest BCUT2D eigenvalue weighted by Gasteiger charge is 2.34. The molecule has 33 heavy (non-hydrogen) atoms.